The van der Waals surface area contributed by atoms with E-state index in [0.717, 1.165) is 20.8 Å². The summed E-state index contributed by atoms with van der Waals surface area (Å²) in [6, 6.07) is -1.25. The standard InChI is InChI=1S/C22H33NO14/c1-12(24)23-19-20(16(28)9-32-7-5-31-6-8-33-11-18(29)30)37-17(10-34-13(2)25)21(35-14(3)26)22(19)36-15(4)27/h17,19-22H,5-11H2,1-4H3,(H,23,24)(H,29,30)/t17-,19+,20+,21+,22-/m1/s1. The number of ether oxygens (including phenoxy) is 7. The largest absolute Gasteiger partial charge is 0.480 e. The molecule has 2 N–H and O–H groups in total. The van der Waals surface area contributed by atoms with Crippen molar-refractivity contribution in [1.29, 1.82) is 0 Å². The van der Waals surface area contributed by atoms with E-state index < -0.39 is 85.8 Å². The first kappa shape index (κ1) is 31.9. The van der Waals surface area contributed by atoms with E-state index in [2.05, 4.69) is 5.32 Å². The number of carboxylic acids is 1. The summed E-state index contributed by atoms with van der Waals surface area (Å²) in [6.45, 7) is 3.39. The molecule has 0 saturated carbocycles. The predicted octanol–water partition coefficient (Wildman–Crippen LogP) is -1.61. The average Bonchev–Trinajstić information content (AvgIpc) is 2.78. The maximum atomic E-state index is 13.0. The molecule has 15 nitrogen and oxygen atoms in total. The number of Topliss-reactive ketones (excluding diaryl/α,β-unsaturated/α-hetero) is 1. The fraction of sp³-hybridized carbons (Fsp3) is 0.727. The van der Waals surface area contributed by atoms with Gasteiger partial charge in [0, 0.05) is 27.7 Å². The van der Waals surface area contributed by atoms with Crippen molar-refractivity contribution >= 4 is 35.6 Å². The normalized spacial score (nSPS) is 23.0. The molecule has 0 unspecified atom stereocenters. The lowest BCUT2D eigenvalue weighted by Gasteiger charge is -2.44. The van der Waals surface area contributed by atoms with Gasteiger partial charge in [0.15, 0.2) is 18.0 Å². The van der Waals surface area contributed by atoms with Crippen molar-refractivity contribution in [3.8, 4) is 0 Å². The van der Waals surface area contributed by atoms with Crippen LogP contribution in [-0.2, 0) is 61.9 Å². The van der Waals surface area contributed by atoms with E-state index >= 15 is 0 Å². The monoisotopic (exact) mass is 535 g/mol. The molecule has 1 rings (SSSR count). The molecule has 1 aliphatic rings. The molecular formula is C22H33NO14. The molecule has 15 heteroatoms. The van der Waals surface area contributed by atoms with Crippen LogP contribution in [-0.4, -0.2) is 117 Å². The Kier molecular flexibility index (Phi) is 14.3. The number of ketones is 1. The molecule has 0 radical (unpaired) electrons. The van der Waals surface area contributed by atoms with Crippen LogP contribution >= 0.6 is 0 Å². The van der Waals surface area contributed by atoms with E-state index in [-0.39, 0.29) is 26.4 Å². The molecule has 5 atom stereocenters. The third-order valence-electron chi connectivity index (χ3n) is 4.65. The van der Waals surface area contributed by atoms with Crippen LogP contribution in [0.5, 0.6) is 0 Å². The highest BCUT2D eigenvalue weighted by Gasteiger charge is 2.52. The second-order valence-corrected chi connectivity index (χ2v) is 7.85. The van der Waals surface area contributed by atoms with Crippen molar-refractivity contribution in [2.24, 2.45) is 0 Å². The summed E-state index contributed by atoms with van der Waals surface area (Å²) >= 11 is 0. The summed E-state index contributed by atoms with van der Waals surface area (Å²) in [5, 5.41) is 11.0. The minimum absolute atomic E-state index is 0.0114. The molecule has 0 aromatic heterocycles. The zero-order valence-electron chi connectivity index (χ0n) is 21.1. The molecular weight excluding hydrogens is 502 g/mol. The van der Waals surface area contributed by atoms with Gasteiger partial charge in [0.05, 0.1) is 26.4 Å². The van der Waals surface area contributed by atoms with E-state index in [1.807, 2.05) is 0 Å². The van der Waals surface area contributed by atoms with Crippen LogP contribution in [0.3, 0.4) is 0 Å². The van der Waals surface area contributed by atoms with Gasteiger partial charge in [0.25, 0.3) is 0 Å². The number of carbonyl (C=O) groups excluding carboxylic acids is 5. The first-order chi connectivity index (χ1) is 17.4. The van der Waals surface area contributed by atoms with Gasteiger partial charge < -0.3 is 43.6 Å². The van der Waals surface area contributed by atoms with E-state index in [4.69, 9.17) is 38.3 Å². The molecule has 1 amide bonds. The number of carboxylic acid groups (broad SMARTS) is 1. The third-order valence-corrected chi connectivity index (χ3v) is 4.65. The molecule has 0 bridgehead atoms. The molecule has 1 heterocycles. The van der Waals surface area contributed by atoms with E-state index in [0.29, 0.717) is 0 Å². The molecule has 210 valence electrons. The topological polar surface area (TPSA) is 199 Å². The Morgan fingerprint density at radius 1 is 0.757 bits per heavy atom. The van der Waals surface area contributed by atoms with E-state index in [1.54, 1.807) is 0 Å². The van der Waals surface area contributed by atoms with Crippen molar-refractivity contribution in [3.63, 3.8) is 0 Å². The molecule has 1 saturated heterocycles. The Morgan fingerprint density at radius 2 is 1.30 bits per heavy atom. The number of esters is 3. The average molecular weight is 535 g/mol. The van der Waals surface area contributed by atoms with Gasteiger partial charge in [-0.25, -0.2) is 4.79 Å². The van der Waals surface area contributed by atoms with Gasteiger partial charge in [-0.2, -0.15) is 0 Å². The molecule has 0 spiro atoms. The summed E-state index contributed by atoms with van der Waals surface area (Å²) in [7, 11) is 0. The smallest absolute Gasteiger partial charge is 0.329 e. The Bertz CT molecular complexity index is 815. The van der Waals surface area contributed by atoms with E-state index in [1.165, 1.54) is 6.92 Å². The quantitative estimate of drug-likeness (QED) is 0.130. The maximum Gasteiger partial charge on any atom is 0.329 e. The van der Waals surface area contributed by atoms with Crippen molar-refractivity contribution in [2.75, 3.05) is 46.2 Å². The SMILES string of the molecule is CC(=O)N[C@@H]1[C@@H](OC(C)=O)[C@@H](OC(C)=O)[C@@H](COC(C)=O)O[C@H]1C(=O)COCCOCCOCC(=O)O. The van der Waals surface area contributed by atoms with Gasteiger partial charge in [-0.05, 0) is 0 Å². The molecule has 0 aromatic rings. The highest BCUT2D eigenvalue weighted by molar-refractivity contribution is 5.86. The minimum atomic E-state index is -1.41. The lowest BCUT2D eigenvalue weighted by atomic mass is 9.90. The number of amides is 1. The number of hydrogen-bond donors (Lipinski definition) is 2. The first-order valence-corrected chi connectivity index (χ1v) is 11.3. The van der Waals surface area contributed by atoms with Crippen molar-refractivity contribution in [3.05, 3.63) is 0 Å². The second kappa shape index (κ2) is 16.6. The third kappa shape index (κ3) is 12.6. The highest BCUT2D eigenvalue weighted by Crippen LogP contribution is 2.28. The van der Waals surface area contributed by atoms with Gasteiger partial charge >= 0.3 is 23.9 Å². The van der Waals surface area contributed by atoms with Crippen LogP contribution in [0.15, 0.2) is 0 Å². The number of aliphatic carboxylic acids is 1. The fourth-order valence-electron chi connectivity index (χ4n) is 3.36. The second-order valence-electron chi connectivity index (χ2n) is 7.85. The maximum absolute atomic E-state index is 13.0. The zero-order valence-corrected chi connectivity index (χ0v) is 21.1. The van der Waals surface area contributed by atoms with Gasteiger partial charge in [-0.3, -0.25) is 24.0 Å². The van der Waals surface area contributed by atoms with Crippen LogP contribution in [0, 0.1) is 0 Å². The summed E-state index contributed by atoms with van der Waals surface area (Å²) in [6.07, 6.45) is -5.27. The first-order valence-electron chi connectivity index (χ1n) is 11.3. The summed E-state index contributed by atoms with van der Waals surface area (Å²) < 4.78 is 36.7. The Morgan fingerprint density at radius 3 is 1.81 bits per heavy atom. The lowest BCUT2D eigenvalue weighted by Crippen LogP contribution is -2.68. The van der Waals surface area contributed by atoms with Crippen LogP contribution in [0.4, 0.5) is 0 Å². The van der Waals surface area contributed by atoms with Gasteiger partial charge in [0.2, 0.25) is 5.91 Å². The zero-order chi connectivity index (χ0) is 28.0. The van der Waals surface area contributed by atoms with Crippen LogP contribution in [0.25, 0.3) is 0 Å². The molecule has 1 aliphatic heterocycles. The number of rotatable bonds is 16. The summed E-state index contributed by atoms with van der Waals surface area (Å²) in [5.41, 5.74) is 0. The lowest BCUT2D eigenvalue weighted by molar-refractivity contribution is -0.223. The molecule has 37 heavy (non-hydrogen) atoms. The van der Waals surface area contributed by atoms with Crippen LogP contribution in [0.2, 0.25) is 0 Å². The Balaban J connectivity index is 2.91. The van der Waals surface area contributed by atoms with Crippen molar-refractivity contribution in [1.82, 2.24) is 5.32 Å². The minimum Gasteiger partial charge on any atom is -0.480 e. The van der Waals surface area contributed by atoms with E-state index in [9.17, 15) is 28.8 Å². The summed E-state index contributed by atoms with van der Waals surface area (Å²) in [4.78, 5) is 70.2. The highest BCUT2D eigenvalue weighted by atomic mass is 16.6. The van der Waals surface area contributed by atoms with Crippen molar-refractivity contribution < 1.29 is 67.0 Å². The molecule has 1 fully saturated rings. The fourth-order valence-corrected chi connectivity index (χ4v) is 3.36. The van der Waals surface area contributed by atoms with Gasteiger partial charge in [-0.1, -0.05) is 0 Å². The molecule has 0 aromatic carbocycles. The van der Waals surface area contributed by atoms with Gasteiger partial charge in [0.1, 0.15) is 38.1 Å². The Hall–Kier alpha value is -3.14. The number of hydrogen-bond acceptors (Lipinski definition) is 13. The number of nitrogens with one attached hydrogen (secondary N) is 1. The Labute approximate surface area is 213 Å². The van der Waals surface area contributed by atoms with Crippen LogP contribution < -0.4 is 5.32 Å². The number of carbonyl (C=O) groups is 6. The van der Waals surface area contributed by atoms with Gasteiger partial charge in [-0.15, -0.1) is 0 Å². The predicted molar refractivity (Wildman–Crippen MR) is 119 cm³/mol. The van der Waals surface area contributed by atoms with Crippen molar-refractivity contribution in [2.45, 2.75) is 58.2 Å². The molecule has 0 aliphatic carbocycles. The summed E-state index contributed by atoms with van der Waals surface area (Å²) in [5.74, 6) is -4.54. The van der Waals surface area contributed by atoms with Crippen LogP contribution in [0.1, 0.15) is 27.7 Å².